The Hall–Kier alpha value is -1.39. The van der Waals surface area contributed by atoms with Crippen LogP contribution in [0, 0.1) is 5.82 Å². The van der Waals surface area contributed by atoms with E-state index in [1.54, 1.807) is 23.5 Å². The smallest absolute Gasteiger partial charge is 0.142 e. The van der Waals surface area contributed by atoms with Crippen LogP contribution in [0.15, 0.2) is 29.6 Å². The molecule has 0 fully saturated rings. The summed E-state index contributed by atoms with van der Waals surface area (Å²) in [5.41, 5.74) is 1.48. The Labute approximate surface area is 109 Å². The third-order valence-electron chi connectivity index (χ3n) is 3.02. The van der Waals surface area contributed by atoms with Gasteiger partial charge in [-0.1, -0.05) is 18.2 Å². The molecule has 1 N–H and O–H groups in total. The zero-order chi connectivity index (χ0) is 12.5. The second-order valence-electron chi connectivity index (χ2n) is 4.44. The van der Waals surface area contributed by atoms with E-state index in [1.165, 1.54) is 6.07 Å². The Bertz CT molecular complexity index is 567. The Balaban J connectivity index is 2.09. The number of ether oxygens (including phenoxy) is 1. The molecule has 0 amide bonds. The van der Waals surface area contributed by atoms with Gasteiger partial charge in [-0.25, -0.2) is 4.39 Å². The largest absolute Gasteiger partial charge is 0.488 e. The van der Waals surface area contributed by atoms with Gasteiger partial charge in [0.15, 0.2) is 0 Å². The van der Waals surface area contributed by atoms with Crippen molar-refractivity contribution in [2.24, 2.45) is 0 Å². The van der Waals surface area contributed by atoms with Crippen LogP contribution < -0.4 is 10.1 Å². The van der Waals surface area contributed by atoms with E-state index in [9.17, 15) is 4.39 Å². The quantitative estimate of drug-likeness (QED) is 0.851. The van der Waals surface area contributed by atoms with Crippen LogP contribution in [-0.2, 0) is 6.54 Å². The minimum atomic E-state index is -0.202. The first-order valence-electron chi connectivity index (χ1n) is 5.98. The molecule has 2 aromatic rings. The average Bonchev–Trinajstić information content (AvgIpc) is 2.64. The van der Waals surface area contributed by atoms with Gasteiger partial charge in [0, 0.05) is 29.6 Å². The molecule has 0 saturated heterocycles. The minimum absolute atomic E-state index is 0.103. The first-order chi connectivity index (χ1) is 8.75. The third kappa shape index (κ3) is 2.02. The Morgan fingerprint density at radius 3 is 3.00 bits per heavy atom. The number of thiophene rings is 1. The highest BCUT2D eigenvalue weighted by Gasteiger charge is 2.21. The number of rotatable bonds is 1. The maximum absolute atomic E-state index is 13.9. The molecule has 94 valence electrons. The standard InChI is InChI=1S/C14H14FNOS/c1-9-6-16-7-13-14(17-9)11(8-18-13)10-4-2-3-5-12(10)15/h2-5,8-9,16H,6-7H2,1H3. The lowest BCUT2D eigenvalue weighted by Gasteiger charge is -2.13. The molecule has 1 unspecified atom stereocenters. The summed E-state index contributed by atoms with van der Waals surface area (Å²) >= 11 is 1.62. The summed E-state index contributed by atoms with van der Waals surface area (Å²) < 4.78 is 19.8. The lowest BCUT2D eigenvalue weighted by atomic mass is 10.1. The molecule has 2 nitrogen and oxygen atoms in total. The second-order valence-corrected chi connectivity index (χ2v) is 5.41. The van der Waals surface area contributed by atoms with Crippen molar-refractivity contribution >= 4 is 11.3 Å². The van der Waals surface area contributed by atoms with Gasteiger partial charge in [-0.15, -0.1) is 11.3 Å². The van der Waals surface area contributed by atoms with Crippen LogP contribution in [0.2, 0.25) is 0 Å². The molecule has 0 radical (unpaired) electrons. The first-order valence-corrected chi connectivity index (χ1v) is 6.86. The maximum Gasteiger partial charge on any atom is 0.142 e. The molecule has 4 heteroatoms. The van der Waals surface area contributed by atoms with E-state index >= 15 is 0 Å². The summed E-state index contributed by atoms with van der Waals surface area (Å²) in [6.07, 6.45) is 0.103. The van der Waals surface area contributed by atoms with Crippen molar-refractivity contribution < 1.29 is 9.13 Å². The lowest BCUT2D eigenvalue weighted by molar-refractivity contribution is 0.228. The zero-order valence-electron chi connectivity index (χ0n) is 10.1. The summed E-state index contributed by atoms with van der Waals surface area (Å²) in [5.74, 6) is 0.633. The first kappa shape index (κ1) is 11.7. The van der Waals surface area contributed by atoms with Crippen LogP contribution in [-0.4, -0.2) is 12.6 Å². The van der Waals surface area contributed by atoms with E-state index in [4.69, 9.17) is 4.74 Å². The van der Waals surface area contributed by atoms with Crippen molar-refractivity contribution in [1.82, 2.24) is 5.32 Å². The van der Waals surface area contributed by atoms with Crippen LogP contribution in [0.25, 0.3) is 11.1 Å². The van der Waals surface area contributed by atoms with Gasteiger partial charge in [-0.05, 0) is 13.0 Å². The van der Waals surface area contributed by atoms with Crippen LogP contribution >= 0.6 is 11.3 Å². The van der Waals surface area contributed by atoms with Crippen LogP contribution in [0.3, 0.4) is 0 Å². The van der Waals surface area contributed by atoms with Gasteiger partial charge in [0.2, 0.25) is 0 Å². The third-order valence-corrected chi connectivity index (χ3v) is 3.99. The fraction of sp³-hybridized carbons (Fsp3) is 0.286. The van der Waals surface area contributed by atoms with Gasteiger partial charge in [-0.2, -0.15) is 0 Å². The van der Waals surface area contributed by atoms with E-state index in [0.717, 1.165) is 29.3 Å². The number of fused-ring (bicyclic) bond motifs is 1. The summed E-state index contributed by atoms with van der Waals surface area (Å²) in [6, 6.07) is 6.83. The molecular formula is C14H14FNOS. The fourth-order valence-corrected chi connectivity index (χ4v) is 3.08. The summed E-state index contributed by atoms with van der Waals surface area (Å²) in [6.45, 7) is 3.63. The molecule has 2 heterocycles. The van der Waals surface area contributed by atoms with Gasteiger partial charge < -0.3 is 10.1 Å². The van der Waals surface area contributed by atoms with Crippen LogP contribution in [0.5, 0.6) is 5.75 Å². The zero-order valence-corrected chi connectivity index (χ0v) is 10.9. The summed E-state index contributed by atoms with van der Waals surface area (Å²) in [5, 5.41) is 5.30. The van der Waals surface area contributed by atoms with Crippen LogP contribution in [0.1, 0.15) is 11.8 Å². The van der Waals surface area contributed by atoms with Gasteiger partial charge in [0.25, 0.3) is 0 Å². The van der Waals surface area contributed by atoms with Crippen molar-refractivity contribution in [3.63, 3.8) is 0 Å². The average molecular weight is 263 g/mol. The number of hydrogen-bond acceptors (Lipinski definition) is 3. The Morgan fingerprint density at radius 2 is 2.17 bits per heavy atom. The SMILES string of the molecule is CC1CNCc2scc(-c3ccccc3F)c2O1. The fourth-order valence-electron chi connectivity index (χ4n) is 2.14. The molecule has 3 rings (SSSR count). The van der Waals surface area contributed by atoms with Gasteiger partial charge >= 0.3 is 0 Å². The van der Waals surface area contributed by atoms with E-state index in [0.29, 0.717) is 5.56 Å². The normalized spacial score (nSPS) is 18.9. The van der Waals surface area contributed by atoms with Gasteiger partial charge in [-0.3, -0.25) is 0 Å². The van der Waals surface area contributed by atoms with E-state index < -0.39 is 0 Å². The number of halogens is 1. The number of nitrogens with one attached hydrogen (secondary N) is 1. The molecule has 0 aliphatic carbocycles. The lowest BCUT2D eigenvalue weighted by Crippen LogP contribution is -2.25. The minimum Gasteiger partial charge on any atom is -0.488 e. The van der Waals surface area contributed by atoms with E-state index in [-0.39, 0.29) is 11.9 Å². The number of hydrogen-bond donors (Lipinski definition) is 1. The van der Waals surface area contributed by atoms with Crippen molar-refractivity contribution in [3.8, 4) is 16.9 Å². The Kier molecular flexibility index (Phi) is 3.06. The highest BCUT2D eigenvalue weighted by atomic mass is 32.1. The highest BCUT2D eigenvalue weighted by molar-refractivity contribution is 7.10. The molecule has 1 aliphatic heterocycles. The van der Waals surface area contributed by atoms with Crippen molar-refractivity contribution in [3.05, 3.63) is 40.3 Å². The molecule has 1 aromatic heterocycles. The highest BCUT2D eigenvalue weighted by Crippen LogP contribution is 2.40. The van der Waals surface area contributed by atoms with Gasteiger partial charge in [0.05, 0.1) is 4.88 Å². The van der Waals surface area contributed by atoms with E-state index in [1.807, 2.05) is 18.4 Å². The predicted molar refractivity (Wildman–Crippen MR) is 71.5 cm³/mol. The van der Waals surface area contributed by atoms with Crippen LogP contribution in [0.4, 0.5) is 4.39 Å². The predicted octanol–water partition coefficient (Wildman–Crippen LogP) is 3.42. The van der Waals surface area contributed by atoms with Gasteiger partial charge in [0.1, 0.15) is 17.7 Å². The molecule has 18 heavy (non-hydrogen) atoms. The molecule has 1 aromatic carbocycles. The van der Waals surface area contributed by atoms with E-state index in [2.05, 4.69) is 5.32 Å². The summed E-state index contributed by atoms with van der Waals surface area (Å²) in [4.78, 5) is 1.14. The molecular weight excluding hydrogens is 249 g/mol. The molecule has 0 bridgehead atoms. The monoisotopic (exact) mass is 263 g/mol. The molecule has 1 atom stereocenters. The Morgan fingerprint density at radius 1 is 1.33 bits per heavy atom. The topological polar surface area (TPSA) is 21.3 Å². The molecule has 0 spiro atoms. The molecule has 1 aliphatic rings. The van der Waals surface area contributed by atoms with Crippen molar-refractivity contribution in [2.75, 3.05) is 6.54 Å². The number of benzene rings is 1. The maximum atomic E-state index is 13.9. The molecule has 0 saturated carbocycles. The summed E-state index contributed by atoms with van der Waals surface area (Å²) in [7, 11) is 0. The van der Waals surface area contributed by atoms with Crippen molar-refractivity contribution in [2.45, 2.75) is 19.6 Å². The second kappa shape index (κ2) is 4.71. The van der Waals surface area contributed by atoms with Crippen molar-refractivity contribution in [1.29, 1.82) is 0 Å².